The summed E-state index contributed by atoms with van der Waals surface area (Å²) in [6, 6.07) is 1.86. The fraction of sp³-hybridized carbons (Fsp3) is 0.615. The maximum absolute atomic E-state index is 13.7. The summed E-state index contributed by atoms with van der Waals surface area (Å²) in [5.41, 5.74) is 0.734. The lowest BCUT2D eigenvalue weighted by Crippen LogP contribution is -2.28. The Morgan fingerprint density at radius 3 is 2.75 bits per heavy atom. The van der Waals surface area contributed by atoms with E-state index in [0.717, 1.165) is 24.9 Å². The zero-order chi connectivity index (χ0) is 12.0. The Bertz CT molecular complexity index is 315. The van der Waals surface area contributed by atoms with Gasteiger partial charge in [-0.2, -0.15) is 0 Å². The van der Waals surface area contributed by atoms with Gasteiger partial charge < -0.3 is 5.32 Å². The van der Waals surface area contributed by atoms with E-state index in [4.69, 9.17) is 0 Å². The van der Waals surface area contributed by atoms with Crippen LogP contribution >= 0.6 is 0 Å². The third kappa shape index (κ3) is 3.27. The summed E-state index contributed by atoms with van der Waals surface area (Å²) in [6.45, 7) is 7.30. The molecule has 1 heterocycles. The molecule has 16 heavy (non-hydrogen) atoms. The lowest BCUT2D eigenvalue weighted by Gasteiger charge is -2.25. The Balaban J connectivity index is 2.87. The number of pyridine rings is 1. The predicted octanol–water partition coefficient (Wildman–Crippen LogP) is 3.31. The molecule has 1 rings (SSSR count). The Morgan fingerprint density at radius 1 is 1.44 bits per heavy atom. The summed E-state index contributed by atoms with van der Waals surface area (Å²) in [5.74, 6) is 0.208. The minimum Gasteiger partial charge on any atom is -0.310 e. The Labute approximate surface area is 97.3 Å². The number of rotatable bonds is 6. The zero-order valence-corrected chi connectivity index (χ0v) is 10.3. The van der Waals surface area contributed by atoms with E-state index < -0.39 is 0 Å². The van der Waals surface area contributed by atoms with Gasteiger partial charge in [-0.1, -0.05) is 27.2 Å². The van der Waals surface area contributed by atoms with Crippen LogP contribution in [0.15, 0.2) is 18.5 Å². The quantitative estimate of drug-likeness (QED) is 0.802. The van der Waals surface area contributed by atoms with E-state index in [1.165, 1.54) is 6.20 Å². The highest BCUT2D eigenvalue weighted by Crippen LogP contribution is 2.25. The molecule has 0 aromatic carbocycles. The van der Waals surface area contributed by atoms with Gasteiger partial charge in [-0.15, -0.1) is 0 Å². The van der Waals surface area contributed by atoms with Gasteiger partial charge in [0.15, 0.2) is 0 Å². The van der Waals surface area contributed by atoms with Crippen LogP contribution in [-0.2, 0) is 0 Å². The van der Waals surface area contributed by atoms with E-state index in [0.29, 0.717) is 5.92 Å². The zero-order valence-electron chi connectivity index (χ0n) is 10.3. The van der Waals surface area contributed by atoms with Crippen molar-refractivity contribution in [1.82, 2.24) is 10.3 Å². The maximum atomic E-state index is 13.7. The second kappa shape index (κ2) is 6.59. The van der Waals surface area contributed by atoms with Crippen molar-refractivity contribution in [2.24, 2.45) is 5.92 Å². The van der Waals surface area contributed by atoms with Crippen LogP contribution in [-0.4, -0.2) is 11.5 Å². The fourth-order valence-corrected chi connectivity index (χ4v) is 1.79. The lowest BCUT2D eigenvalue weighted by molar-refractivity contribution is 0.365. The van der Waals surface area contributed by atoms with Gasteiger partial charge in [0.2, 0.25) is 0 Å². The monoisotopic (exact) mass is 224 g/mol. The number of nitrogens with one attached hydrogen (secondary N) is 1. The average Bonchev–Trinajstić information content (AvgIpc) is 2.31. The Hall–Kier alpha value is -0.960. The van der Waals surface area contributed by atoms with Gasteiger partial charge >= 0.3 is 0 Å². The molecule has 0 fully saturated rings. The molecule has 2 atom stereocenters. The van der Waals surface area contributed by atoms with Gasteiger partial charge in [0.05, 0.1) is 6.20 Å². The molecule has 2 unspecified atom stereocenters. The molecule has 0 aliphatic carbocycles. The predicted molar refractivity (Wildman–Crippen MR) is 64.7 cm³/mol. The van der Waals surface area contributed by atoms with Gasteiger partial charge in [0.1, 0.15) is 5.82 Å². The Kier molecular flexibility index (Phi) is 5.39. The summed E-state index contributed by atoms with van der Waals surface area (Å²) < 4.78 is 13.7. The molecule has 1 aromatic heterocycles. The maximum Gasteiger partial charge on any atom is 0.146 e. The van der Waals surface area contributed by atoms with Crippen LogP contribution in [0.4, 0.5) is 4.39 Å². The molecule has 1 N–H and O–H groups in total. The summed E-state index contributed by atoms with van der Waals surface area (Å²) in [4.78, 5) is 3.79. The molecule has 0 spiro atoms. The molecule has 3 heteroatoms. The van der Waals surface area contributed by atoms with Crippen molar-refractivity contribution in [3.63, 3.8) is 0 Å². The third-order valence-electron chi connectivity index (χ3n) is 2.97. The fourth-order valence-electron chi connectivity index (χ4n) is 1.79. The standard InChI is InChI=1S/C13H21FN2/c1-4-7-16-13(10(3)5-2)11-6-8-15-9-12(11)14/h6,8-10,13,16H,4-5,7H2,1-3H3. The van der Waals surface area contributed by atoms with E-state index in [2.05, 4.69) is 31.1 Å². The van der Waals surface area contributed by atoms with Gasteiger partial charge in [-0.25, -0.2) is 4.39 Å². The molecule has 0 saturated heterocycles. The first-order valence-corrected chi connectivity index (χ1v) is 6.03. The van der Waals surface area contributed by atoms with Crippen molar-refractivity contribution in [2.75, 3.05) is 6.54 Å². The highest BCUT2D eigenvalue weighted by atomic mass is 19.1. The molecule has 0 aliphatic rings. The van der Waals surface area contributed by atoms with E-state index in [1.54, 1.807) is 12.3 Å². The number of aromatic nitrogens is 1. The van der Waals surface area contributed by atoms with Gasteiger partial charge in [-0.05, 0) is 24.9 Å². The van der Waals surface area contributed by atoms with Crippen molar-refractivity contribution < 1.29 is 4.39 Å². The highest BCUT2D eigenvalue weighted by molar-refractivity contribution is 5.18. The molecule has 2 nitrogen and oxygen atoms in total. The number of nitrogens with zero attached hydrogens (tertiary/aromatic N) is 1. The van der Waals surface area contributed by atoms with E-state index in [-0.39, 0.29) is 11.9 Å². The molecule has 0 amide bonds. The van der Waals surface area contributed by atoms with E-state index in [9.17, 15) is 4.39 Å². The molecule has 1 aromatic rings. The van der Waals surface area contributed by atoms with E-state index >= 15 is 0 Å². The second-order valence-corrected chi connectivity index (χ2v) is 4.21. The number of hydrogen-bond donors (Lipinski definition) is 1. The summed E-state index contributed by atoms with van der Waals surface area (Å²) >= 11 is 0. The highest BCUT2D eigenvalue weighted by Gasteiger charge is 2.20. The van der Waals surface area contributed by atoms with Crippen LogP contribution in [0.3, 0.4) is 0 Å². The molecule has 0 aliphatic heterocycles. The molecular weight excluding hydrogens is 203 g/mol. The number of hydrogen-bond acceptors (Lipinski definition) is 2. The van der Waals surface area contributed by atoms with Crippen LogP contribution in [0.2, 0.25) is 0 Å². The SMILES string of the molecule is CCCNC(c1ccncc1F)C(C)CC. The normalized spacial score (nSPS) is 14.8. The van der Waals surface area contributed by atoms with Crippen LogP contribution in [0, 0.1) is 11.7 Å². The topological polar surface area (TPSA) is 24.9 Å². The van der Waals surface area contributed by atoms with Gasteiger partial charge in [0, 0.05) is 17.8 Å². The first-order valence-electron chi connectivity index (χ1n) is 6.03. The van der Waals surface area contributed by atoms with E-state index in [1.807, 2.05) is 0 Å². The first-order chi connectivity index (χ1) is 7.70. The van der Waals surface area contributed by atoms with Crippen LogP contribution in [0.5, 0.6) is 0 Å². The first kappa shape index (κ1) is 13.1. The largest absolute Gasteiger partial charge is 0.310 e. The van der Waals surface area contributed by atoms with Gasteiger partial charge in [-0.3, -0.25) is 4.98 Å². The molecule has 0 bridgehead atoms. The molecule has 0 radical (unpaired) electrons. The van der Waals surface area contributed by atoms with Crippen molar-refractivity contribution in [1.29, 1.82) is 0 Å². The summed E-state index contributed by atoms with van der Waals surface area (Å²) in [6.07, 6.45) is 5.03. The van der Waals surface area contributed by atoms with Crippen LogP contribution in [0.1, 0.15) is 45.2 Å². The van der Waals surface area contributed by atoms with Crippen molar-refractivity contribution >= 4 is 0 Å². The smallest absolute Gasteiger partial charge is 0.146 e. The van der Waals surface area contributed by atoms with Gasteiger partial charge in [0.25, 0.3) is 0 Å². The van der Waals surface area contributed by atoms with Crippen LogP contribution in [0.25, 0.3) is 0 Å². The molecular formula is C13H21FN2. The number of halogens is 1. The molecule has 0 saturated carbocycles. The van der Waals surface area contributed by atoms with Crippen LogP contribution < -0.4 is 5.32 Å². The second-order valence-electron chi connectivity index (χ2n) is 4.21. The lowest BCUT2D eigenvalue weighted by atomic mass is 9.92. The minimum atomic E-state index is -0.212. The minimum absolute atomic E-state index is 0.0907. The summed E-state index contributed by atoms with van der Waals surface area (Å²) in [7, 11) is 0. The summed E-state index contributed by atoms with van der Waals surface area (Å²) in [5, 5.41) is 3.41. The van der Waals surface area contributed by atoms with Crippen molar-refractivity contribution in [3.05, 3.63) is 29.8 Å². The molecule has 90 valence electrons. The third-order valence-corrected chi connectivity index (χ3v) is 2.97. The average molecular weight is 224 g/mol. The van der Waals surface area contributed by atoms with Crippen molar-refractivity contribution in [2.45, 2.75) is 39.7 Å². The Morgan fingerprint density at radius 2 is 2.19 bits per heavy atom. The van der Waals surface area contributed by atoms with Crippen molar-refractivity contribution in [3.8, 4) is 0 Å².